The summed E-state index contributed by atoms with van der Waals surface area (Å²) in [4.78, 5) is 9.90. The van der Waals surface area contributed by atoms with Crippen molar-refractivity contribution in [1.82, 2.24) is 0 Å². The summed E-state index contributed by atoms with van der Waals surface area (Å²) < 4.78 is 4.52. The van der Waals surface area contributed by atoms with E-state index in [1.807, 2.05) is 0 Å². The summed E-state index contributed by atoms with van der Waals surface area (Å²) in [7, 11) is 0. The molecule has 0 unspecified atom stereocenters. The molecule has 1 aromatic carbocycles. The third-order valence-electron chi connectivity index (χ3n) is 1.13. The molecular weight excluding hydrogens is 166 g/mol. The van der Waals surface area contributed by atoms with Crippen molar-refractivity contribution in [3.05, 3.63) is 23.2 Å². The number of halogens is 1. The van der Waals surface area contributed by atoms with Crippen molar-refractivity contribution in [2.45, 2.75) is 0 Å². The molecule has 0 aliphatic carbocycles. The summed E-state index contributed by atoms with van der Waals surface area (Å²) >= 11 is 5.64. The zero-order valence-corrected chi connectivity index (χ0v) is 6.34. The second kappa shape index (κ2) is 3.25. The summed E-state index contributed by atoms with van der Waals surface area (Å²) in [6.45, 7) is 0.317. The first-order chi connectivity index (χ1) is 5.24. The average molecular weight is 172 g/mol. The summed E-state index contributed by atoms with van der Waals surface area (Å²) in [6, 6.07) is 4.65. The molecule has 0 amide bonds. The van der Waals surface area contributed by atoms with Crippen LogP contribution in [0.5, 0.6) is 5.75 Å². The highest BCUT2D eigenvalue weighted by molar-refractivity contribution is 6.32. The van der Waals surface area contributed by atoms with Gasteiger partial charge in [-0.25, -0.2) is 0 Å². The molecule has 0 radical (unpaired) electrons. The van der Waals surface area contributed by atoms with Crippen LogP contribution in [0.4, 0.5) is 5.69 Å². The molecular formula is C7H6ClNO2. The molecule has 4 heteroatoms. The summed E-state index contributed by atoms with van der Waals surface area (Å²) in [5.41, 5.74) is 5.93. The second-order valence-electron chi connectivity index (χ2n) is 1.90. The Hall–Kier alpha value is -1.22. The normalized spacial score (nSPS) is 9.18. The van der Waals surface area contributed by atoms with E-state index in [-0.39, 0.29) is 0 Å². The number of ether oxygens (including phenoxy) is 1. The summed E-state index contributed by atoms with van der Waals surface area (Å²) in [6.07, 6.45) is 0. The molecule has 0 fully saturated rings. The van der Waals surface area contributed by atoms with Crippen molar-refractivity contribution in [1.29, 1.82) is 0 Å². The fourth-order valence-electron chi connectivity index (χ4n) is 0.665. The van der Waals surface area contributed by atoms with E-state index in [4.69, 9.17) is 17.3 Å². The van der Waals surface area contributed by atoms with E-state index in [0.717, 1.165) is 0 Å². The third-order valence-corrected chi connectivity index (χ3v) is 1.43. The SMILES string of the molecule is Nc1ccc(OC=O)c(Cl)c1. The zero-order chi connectivity index (χ0) is 8.27. The number of benzene rings is 1. The number of nitrogen functional groups attached to an aromatic ring is 1. The number of hydrogen-bond acceptors (Lipinski definition) is 3. The number of carbonyl (C=O) groups excluding carboxylic acids is 1. The first-order valence-electron chi connectivity index (χ1n) is 2.89. The van der Waals surface area contributed by atoms with Crippen LogP contribution in [0.2, 0.25) is 5.02 Å². The lowest BCUT2D eigenvalue weighted by molar-refractivity contribution is -0.120. The Morgan fingerprint density at radius 1 is 1.55 bits per heavy atom. The van der Waals surface area contributed by atoms with Crippen LogP contribution < -0.4 is 10.5 Å². The summed E-state index contributed by atoms with van der Waals surface area (Å²) in [5, 5.41) is 0.331. The van der Waals surface area contributed by atoms with E-state index in [9.17, 15) is 4.79 Å². The Morgan fingerprint density at radius 3 is 2.82 bits per heavy atom. The molecule has 1 aromatic rings. The van der Waals surface area contributed by atoms with Gasteiger partial charge in [-0.15, -0.1) is 0 Å². The number of hydrogen-bond donors (Lipinski definition) is 1. The minimum atomic E-state index is 0.316. The van der Waals surface area contributed by atoms with E-state index in [1.165, 1.54) is 12.1 Å². The van der Waals surface area contributed by atoms with Crippen LogP contribution in [0, 0.1) is 0 Å². The molecule has 11 heavy (non-hydrogen) atoms. The molecule has 2 N–H and O–H groups in total. The van der Waals surface area contributed by atoms with Crippen LogP contribution in [0.3, 0.4) is 0 Å². The molecule has 0 heterocycles. The molecule has 0 aliphatic heterocycles. The van der Waals surface area contributed by atoms with Crippen LogP contribution in [0.25, 0.3) is 0 Å². The van der Waals surface area contributed by atoms with Gasteiger partial charge in [0.1, 0.15) is 5.75 Å². The molecule has 0 aromatic heterocycles. The molecule has 0 saturated carbocycles. The van der Waals surface area contributed by atoms with Gasteiger partial charge in [0.05, 0.1) is 5.02 Å². The monoisotopic (exact) mass is 171 g/mol. The second-order valence-corrected chi connectivity index (χ2v) is 2.31. The van der Waals surface area contributed by atoms with Crippen LogP contribution in [0.1, 0.15) is 0 Å². The van der Waals surface area contributed by atoms with E-state index in [0.29, 0.717) is 22.9 Å². The Bertz CT molecular complexity index is 275. The van der Waals surface area contributed by atoms with Gasteiger partial charge in [0.15, 0.2) is 0 Å². The maximum Gasteiger partial charge on any atom is 0.298 e. The van der Waals surface area contributed by atoms with Crippen molar-refractivity contribution in [3.63, 3.8) is 0 Å². The predicted octanol–water partition coefficient (Wildman–Crippen LogP) is 1.46. The van der Waals surface area contributed by atoms with Gasteiger partial charge in [0.2, 0.25) is 0 Å². The first kappa shape index (κ1) is 7.88. The first-order valence-corrected chi connectivity index (χ1v) is 3.27. The summed E-state index contributed by atoms with van der Waals surface area (Å²) in [5.74, 6) is 0.316. The lowest BCUT2D eigenvalue weighted by atomic mass is 10.3. The van der Waals surface area contributed by atoms with Gasteiger partial charge in [-0.05, 0) is 18.2 Å². The highest BCUT2D eigenvalue weighted by Gasteiger charge is 1.99. The number of carbonyl (C=O) groups is 1. The third kappa shape index (κ3) is 1.85. The minimum Gasteiger partial charge on any atom is -0.427 e. The largest absolute Gasteiger partial charge is 0.427 e. The molecule has 0 bridgehead atoms. The van der Waals surface area contributed by atoms with Gasteiger partial charge in [-0.2, -0.15) is 0 Å². The van der Waals surface area contributed by atoms with Gasteiger partial charge in [-0.1, -0.05) is 11.6 Å². The molecule has 1 rings (SSSR count). The highest BCUT2D eigenvalue weighted by atomic mass is 35.5. The van der Waals surface area contributed by atoms with Crippen LogP contribution in [-0.4, -0.2) is 6.47 Å². The number of nitrogens with two attached hydrogens (primary N) is 1. The standard InChI is InChI=1S/C7H6ClNO2/c8-6-3-5(9)1-2-7(6)11-4-10/h1-4H,9H2. The van der Waals surface area contributed by atoms with Crippen LogP contribution in [-0.2, 0) is 4.79 Å². The fourth-order valence-corrected chi connectivity index (χ4v) is 0.898. The van der Waals surface area contributed by atoms with Crippen molar-refractivity contribution in [2.24, 2.45) is 0 Å². The van der Waals surface area contributed by atoms with Gasteiger partial charge in [-0.3, -0.25) is 4.79 Å². The molecule has 0 aliphatic rings. The van der Waals surface area contributed by atoms with Crippen molar-refractivity contribution in [2.75, 3.05) is 5.73 Å². The predicted molar refractivity (Wildman–Crippen MR) is 42.6 cm³/mol. The van der Waals surface area contributed by atoms with E-state index in [1.54, 1.807) is 6.07 Å². The van der Waals surface area contributed by atoms with E-state index >= 15 is 0 Å². The van der Waals surface area contributed by atoms with E-state index in [2.05, 4.69) is 4.74 Å². The van der Waals surface area contributed by atoms with Crippen LogP contribution in [0.15, 0.2) is 18.2 Å². The fraction of sp³-hybridized carbons (Fsp3) is 0. The van der Waals surface area contributed by atoms with Gasteiger partial charge < -0.3 is 10.5 Å². The van der Waals surface area contributed by atoms with Crippen LogP contribution >= 0.6 is 11.6 Å². The Balaban J connectivity index is 2.98. The lowest BCUT2D eigenvalue weighted by Gasteiger charge is -2.00. The quantitative estimate of drug-likeness (QED) is 0.542. The Kier molecular flexibility index (Phi) is 2.33. The smallest absolute Gasteiger partial charge is 0.298 e. The Morgan fingerprint density at radius 2 is 2.27 bits per heavy atom. The molecule has 3 nitrogen and oxygen atoms in total. The Labute approximate surface area is 68.7 Å². The van der Waals surface area contributed by atoms with Gasteiger partial charge in [0.25, 0.3) is 6.47 Å². The van der Waals surface area contributed by atoms with Crippen molar-refractivity contribution >= 4 is 23.8 Å². The lowest BCUT2D eigenvalue weighted by Crippen LogP contribution is -1.90. The zero-order valence-electron chi connectivity index (χ0n) is 5.58. The van der Waals surface area contributed by atoms with E-state index < -0.39 is 0 Å². The maximum atomic E-state index is 9.90. The average Bonchev–Trinajstić information content (AvgIpc) is 1.95. The molecule has 0 spiro atoms. The van der Waals surface area contributed by atoms with Gasteiger partial charge >= 0.3 is 0 Å². The van der Waals surface area contributed by atoms with Crippen molar-refractivity contribution < 1.29 is 9.53 Å². The maximum absolute atomic E-state index is 9.90. The molecule has 58 valence electrons. The highest BCUT2D eigenvalue weighted by Crippen LogP contribution is 2.25. The number of anilines is 1. The number of rotatable bonds is 2. The molecule has 0 saturated heterocycles. The minimum absolute atomic E-state index is 0.316. The van der Waals surface area contributed by atoms with Gasteiger partial charge in [0, 0.05) is 5.69 Å². The van der Waals surface area contributed by atoms with Crippen molar-refractivity contribution in [3.8, 4) is 5.75 Å². The molecule has 0 atom stereocenters. The topological polar surface area (TPSA) is 52.3 Å².